The van der Waals surface area contributed by atoms with Gasteiger partial charge < -0.3 is 9.52 Å². The van der Waals surface area contributed by atoms with Crippen LogP contribution in [-0.2, 0) is 6.42 Å². The summed E-state index contributed by atoms with van der Waals surface area (Å²) in [5.41, 5.74) is 4.10. The van der Waals surface area contributed by atoms with Crippen LogP contribution >= 0.6 is 0 Å². The normalized spacial score (nSPS) is 12.8. The van der Waals surface area contributed by atoms with Gasteiger partial charge in [-0.05, 0) is 25.5 Å². The van der Waals surface area contributed by atoms with Crippen molar-refractivity contribution in [3.63, 3.8) is 0 Å². The fourth-order valence-corrected chi connectivity index (χ4v) is 2.65. The number of hydrogen-bond acceptors (Lipinski definition) is 2. The van der Waals surface area contributed by atoms with E-state index in [1.54, 1.807) is 0 Å². The summed E-state index contributed by atoms with van der Waals surface area (Å²) in [4.78, 5) is 0. The third-order valence-electron chi connectivity index (χ3n) is 3.70. The lowest BCUT2D eigenvalue weighted by Gasteiger charge is -2.11. The van der Waals surface area contributed by atoms with Crippen LogP contribution in [0.25, 0.3) is 11.0 Å². The summed E-state index contributed by atoms with van der Waals surface area (Å²) < 4.78 is 5.72. The number of rotatable bonds is 3. The summed E-state index contributed by atoms with van der Waals surface area (Å²) in [5.74, 6) is 0.797. The molecule has 0 saturated carbocycles. The quantitative estimate of drug-likeness (QED) is 0.765. The van der Waals surface area contributed by atoms with Crippen LogP contribution in [0.5, 0.6) is 0 Å². The molecule has 2 aromatic carbocycles. The first kappa shape index (κ1) is 12.9. The lowest BCUT2D eigenvalue weighted by Crippen LogP contribution is -2.02. The van der Waals surface area contributed by atoms with Gasteiger partial charge in [0.2, 0.25) is 0 Å². The smallest absolute Gasteiger partial charge is 0.134 e. The van der Waals surface area contributed by atoms with Crippen molar-refractivity contribution >= 4 is 11.0 Å². The number of aliphatic hydroxyl groups is 1. The highest BCUT2D eigenvalue weighted by Crippen LogP contribution is 2.32. The first-order valence-electron chi connectivity index (χ1n) is 6.87. The van der Waals surface area contributed by atoms with Gasteiger partial charge in [0.15, 0.2) is 0 Å². The van der Waals surface area contributed by atoms with Crippen molar-refractivity contribution in [3.05, 3.63) is 71.0 Å². The Labute approximate surface area is 118 Å². The molecule has 1 heterocycles. The number of fused-ring (bicyclic) bond motifs is 1. The van der Waals surface area contributed by atoms with Crippen LogP contribution < -0.4 is 0 Å². The van der Waals surface area contributed by atoms with Gasteiger partial charge in [-0.15, -0.1) is 0 Å². The van der Waals surface area contributed by atoms with Crippen LogP contribution in [0.3, 0.4) is 0 Å². The Balaban J connectivity index is 1.94. The minimum Gasteiger partial charge on any atom is -0.461 e. The lowest BCUT2D eigenvalue weighted by atomic mass is 9.98. The van der Waals surface area contributed by atoms with Gasteiger partial charge in [0.25, 0.3) is 0 Å². The molecule has 1 atom stereocenters. The van der Waals surface area contributed by atoms with E-state index in [0.717, 1.165) is 27.9 Å². The third kappa shape index (κ3) is 2.35. The third-order valence-corrected chi connectivity index (χ3v) is 3.70. The van der Waals surface area contributed by atoms with E-state index in [0.29, 0.717) is 6.42 Å². The summed E-state index contributed by atoms with van der Waals surface area (Å²) in [7, 11) is 0. The highest BCUT2D eigenvalue weighted by atomic mass is 16.3. The maximum atomic E-state index is 10.6. The average molecular weight is 266 g/mol. The molecule has 0 fully saturated rings. The number of para-hydroxylation sites is 1. The lowest BCUT2D eigenvalue weighted by molar-refractivity contribution is 0.177. The van der Waals surface area contributed by atoms with Crippen molar-refractivity contribution in [2.75, 3.05) is 0 Å². The number of aryl methyl sites for hydroxylation is 2. The number of benzene rings is 2. The van der Waals surface area contributed by atoms with E-state index in [1.807, 2.05) is 31.2 Å². The Hall–Kier alpha value is -2.06. The molecule has 3 aromatic rings. The van der Waals surface area contributed by atoms with Crippen molar-refractivity contribution in [2.45, 2.75) is 26.4 Å². The summed E-state index contributed by atoms with van der Waals surface area (Å²) in [5, 5.41) is 11.6. The predicted molar refractivity (Wildman–Crippen MR) is 80.8 cm³/mol. The van der Waals surface area contributed by atoms with Crippen LogP contribution in [0, 0.1) is 13.8 Å². The minimum atomic E-state index is -0.540. The summed E-state index contributed by atoms with van der Waals surface area (Å²) in [6.07, 6.45) is 0.0614. The van der Waals surface area contributed by atoms with Gasteiger partial charge in [-0.3, -0.25) is 0 Å². The Morgan fingerprint density at radius 2 is 1.70 bits per heavy atom. The highest BCUT2D eigenvalue weighted by molar-refractivity contribution is 5.82. The largest absolute Gasteiger partial charge is 0.461 e. The fraction of sp³-hybridized carbons (Fsp3) is 0.222. The first-order chi connectivity index (χ1) is 9.65. The summed E-state index contributed by atoms with van der Waals surface area (Å²) >= 11 is 0. The molecule has 0 aliphatic heterocycles. The molecule has 2 heteroatoms. The molecule has 1 aromatic heterocycles. The van der Waals surface area contributed by atoms with Gasteiger partial charge in [-0.2, -0.15) is 0 Å². The van der Waals surface area contributed by atoms with Crippen LogP contribution in [0.15, 0.2) is 52.9 Å². The SMILES string of the molecule is Cc1ccc(CC(O)c2c(C)oc3ccccc23)cc1. The van der Waals surface area contributed by atoms with Crippen molar-refractivity contribution in [1.82, 2.24) is 0 Å². The Morgan fingerprint density at radius 3 is 2.45 bits per heavy atom. The van der Waals surface area contributed by atoms with Crippen molar-refractivity contribution in [2.24, 2.45) is 0 Å². The molecule has 0 saturated heterocycles. The van der Waals surface area contributed by atoms with E-state index < -0.39 is 6.10 Å². The molecule has 0 bridgehead atoms. The molecule has 0 amide bonds. The molecule has 1 unspecified atom stereocenters. The van der Waals surface area contributed by atoms with E-state index in [2.05, 4.69) is 31.2 Å². The zero-order valence-corrected chi connectivity index (χ0v) is 11.8. The monoisotopic (exact) mass is 266 g/mol. The van der Waals surface area contributed by atoms with Crippen LogP contribution in [0.2, 0.25) is 0 Å². The van der Waals surface area contributed by atoms with Crippen molar-refractivity contribution < 1.29 is 9.52 Å². The molecule has 0 radical (unpaired) electrons. The second kappa shape index (κ2) is 5.14. The van der Waals surface area contributed by atoms with Crippen LogP contribution in [-0.4, -0.2) is 5.11 Å². The van der Waals surface area contributed by atoms with E-state index in [1.165, 1.54) is 5.56 Å². The summed E-state index contributed by atoms with van der Waals surface area (Å²) in [6, 6.07) is 16.1. The number of hydrogen-bond donors (Lipinski definition) is 1. The van der Waals surface area contributed by atoms with E-state index in [4.69, 9.17) is 4.42 Å². The Bertz CT molecular complexity index is 723. The molecule has 2 nitrogen and oxygen atoms in total. The molecule has 0 aliphatic carbocycles. The Morgan fingerprint density at radius 1 is 1.00 bits per heavy atom. The molecule has 0 spiro atoms. The zero-order chi connectivity index (χ0) is 14.1. The van der Waals surface area contributed by atoms with Gasteiger partial charge >= 0.3 is 0 Å². The maximum absolute atomic E-state index is 10.6. The van der Waals surface area contributed by atoms with Gasteiger partial charge in [0, 0.05) is 17.4 Å². The highest BCUT2D eigenvalue weighted by Gasteiger charge is 2.18. The fourth-order valence-electron chi connectivity index (χ4n) is 2.65. The van der Waals surface area contributed by atoms with E-state index >= 15 is 0 Å². The standard InChI is InChI=1S/C18H18O2/c1-12-7-9-14(10-8-12)11-16(19)18-13(2)20-17-6-4-3-5-15(17)18/h3-10,16,19H,11H2,1-2H3. The second-order valence-electron chi connectivity index (χ2n) is 5.27. The minimum absolute atomic E-state index is 0.540. The Kier molecular flexibility index (Phi) is 3.33. The topological polar surface area (TPSA) is 33.4 Å². The molecule has 0 aliphatic rings. The number of furan rings is 1. The molecule has 102 valence electrons. The van der Waals surface area contributed by atoms with Crippen molar-refractivity contribution in [1.29, 1.82) is 0 Å². The average Bonchev–Trinajstić information content (AvgIpc) is 2.77. The molecule has 3 rings (SSSR count). The van der Waals surface area contributed by atoms with Gasteiger partial charge in [-0.1, -0.05) is 48.0 Å². The molecular weight excluding hydrogens is 248 g/mol. The zero-order valence-electron chi connectivity index (χ0n) is 11.8. The molecule has 20 heavy (non-hydrogen) atoms. The van der Waals surface area contributed by atoms with Crippen molar-refractivity contribution in [3.8, 4) is 0 Å². The van der Waals surface area contributed by atoms with Gasteiger partial charge in [0.1, 0.15) is 11.3 Å². The maximum Gasteiger partial charge on any atom is 0.134 e. The van der Waals surface area contributed by atoms with Crippen LogP contribution in [0.1, 0.15) is 28.6 Å². The first-order valence-corrected chi connectivity index (χ1v) is 6.87. The molecule has 1 N–H and O–H groups in total. The van der Waals surface area contributed by atoms with Crippen LogP contribution in [0.4, 0.5) is 0 Å². The second-order valence-corrected chi connectivity index (χ2v) is 5.27. The van der Waals surface area contributed by atoms with E-state index in [9.17, 15) is 5.11 Å². The summed E-state index contributed by atoms with van der Waals surface area (Å²) in [6.45, 7) is 3.97. The van der Waals surface area contributed by atoms with E-state index in [-0.39, 0.29) is 0 Å². The van der Waals surface area contributed by atoms with Gasteiger partial charge in [-0.25, -0.2) is 0 Å². The number of aliphatic hydroxyl groups excluding tert-OH is 1. The molecular formula is C18H18O2. The predicted octanol–water partition coefficient (Wildman–Crippen LogP) is 4.33. The van der Waals surface area contributed by atoms with Gasteiger partial charge in [0.05, 0.1) is 6.10 Å².